The van der Waals surface area contributed by atoms with Gasteiger partial charge < -0.3 is 21.3 Å². The highest BCUT2D eigenvalue weighted by Gasteiger charge is 2.39. The Morgan fingerprint density at radius 3 is 2.60 bits per heavy atom. The van der Waals surface area contributed by atoms with Crippen LogP contribution in [0.4, 0.5) is 0 Å². The lowest BCUT2D eigenvalue weighted by Crippen LogP contribution is -2.45. The second kappa shape index (κ2) is 6.02. The summed E-state index contributed by atoms with van der Waals surface area (Å²) in [5.74, 6) is -1.66. The molecule has 0 saturated carbocycles. The largest absolute Gasteiger partial charge is 0.508 e. The smallest absolute Gasteiger partial charge is 0.321 e. The molecule has 6 nitrogen and oxygen atoms in total. The number of carboxylic acids is 1. The van der Waals surface area contributed by atoms with Gasteiger partial charge in [0.15, 0.2) is 5.78 Å². The molecule has 6 heteroatoms. The van der Waals surface area contributed by atoms with E-state index in [0.29, 0.717) is 19.4 Å². The van der Waals surface area contributed by atoms with Crippen molar-refractivity contribution in [3.8, 4) is 5.75 Å². The average molecular weight is 278 g/mol. The summed E-state index contributed by atoms with van der Waals surface area (Å²) in [6, 6.07) is 4.89. The predicted octanol–water partition coefficient (Wildman–Crippen LogP) is -0.106. The third kappa shape index (κ3) is 3.15. The highest BCUT2D eigenvalue weighted by molar-refractivity contribution is 5.92. The molecule has 2 rings (SSSR count). The normalized spacial score (nSPS) is 23.4. The molecule has 20 heavy (non-hydrogen) atoms. The van der Waals surface area contributed by atoms with Gasteiger partial charge >= 0.3 is 5.97 Å². The highest BCUT2D eigenvalue weighted by Crippen LogP contribution is 2.20. The van der Waals surface area contributed by atoms with Crippen molar-refractivity contribution in [3.63, 3.8) is 0 Å². The fraction of sp³-hybridized carbons (Fsp3) is 0.429. The third-order valence-electron chi connectivity index (χ3n) is 3.61. The molecule has 3 atom stereocenters. The van der Waals surface area contributed by atoms with Crippen molar-refractivity contribution in [2.24, 2.45) is 11.7 Å². The van der Waals surface area contributed by atoms with Gasteiger partial charge in [-0.05, 0) is 37.1 Å². The van der Waals surface area contributed by atoms with Crippen molar-refractivity contribution in [3.05, 3.63) is 29.8 Å². The summed E-state index contributed by atoms with van der Waals surface area (Å²) in [4.78, 5) is 23.3. The minimum atomic E-state index is -1.02. The average Bonchev–Trinajstić information content (AvgIpc) is 2.90. The molecule has 108 valence electrons. The summed E-state index contributed by atoms with van der Waals surface area (Å²) in [6.07, 6.45) is 0.834. The van der Waals surface area contributed by atoms with Crippen LogP contribution in [0.3, 0.4) is 0 Å². The third-order valence-corrected chi connectivity index (χ3v) is 3.61. The van der Waals surface area contributed by atoms with Gasteiger partial charge in [0.25, 0.3) is 0 Å². The van der Waals surface area contributed by atoms with Crippen LogP contribution in [-0.2, 0) is 16.0 Å². The molecule has 0 bridgehead atoms. The maximum Gasteiger partial charge on any atom is 0.321 e. The Morgan fingerprint density at radius 2 is 2.00 bits per heavy atom. The number of nitrogens with one attached hydrogen (secondary N) is 1. The van der Waals surface area contributed by atoms with Crippen molar-refractivity contribution in [2.75, 3.05) is 6.54 Å². The van der Waals surface area contributed by atoms with E-state index in [0.717, 1.165) is 5.56 Å². The molecule has 0 spiro atoms. The number of phenolic OH excluding ortho intramolecular Hbond substituents is 1. The molecule has 1 saturated heterocycles. The molecular weight excluding hydrogens is 260 g/mol. The molecule has 1 aliphatic heterocycles. The maximum absolute atomic E-state index is 12.3. The SMILES string of the molecule is N[C@@H](Cc1ccc(O)cc1)C(=O)C1CCN[C@H]1C(=O)O. The molecule has 1 aromatic rings. The summed E-state index contributed by atoms with van der Waals surface area (Å²) >= 11 is 0. The van der Waals surface area contributed by atoms with E-state index in [4.69, 9.17) is 10.8 Å². The highest BCUT2D eigenvalue weighted by atomic mass is 16.4. The van der Waals surface area contributed by atoms with Crippen LogP contribution in [-0.4, -0.2) is 40.6 Å². The Bertz CT molecular complexity index is 500. The first-order valence-electron chi connectivity index (χ1n) is 6.52. The predicted molar refractivity (Wildman–Crippen MR) is 72.3 cm³/mol. The Labute approximate surface area is 116 Å². The van der Waals surface area contributed by atoms with E-state index in [9.17, 15) is 14.7 Å². The van der Waals surface area contributed by atoms with Crippen LogP contribution in [0.2, 0.25) is 0 Å². The van der Waals surface area contributed by atoms with Gasteiger partial charge in [-0.2, -0.15) is 0 Å². The zero-order chi connectivity index (χ0) is 14.7. The molecule has 0 radical (unpaired) electrons. The molecule has 0 aliphatic carbocycles. The van der Waals surface area contributed by atoms with Crippen molar-refractivity contribution in [2.45, 2.75) is 24.9 Å². The number of carbonyl (C=O) groups excluding carboxylic acids is 1. The number of carboxylic acid groups (broad SMARTS) is 1. The van der Waals surface area contributed by atoms with Crippen LogP contribution in [0.25, 0.3) is 0 Å². The van der Waals surface area contributed by atoms with E-state index in [1.54, 1.807) is 12.1 Å². The van der Waals surface area contributed by atoms with Crippen LogP contribution in [0, 0.1) is 5.92 Å². The Morgan fingerprint density at radius 1 is 1.35 bits per heavy atom. The van der Waals surface area contributed by atoms with Crippen LogP contribution in [0.5, 0.6) is 5.75 Å². The fourth-order valence-corrected chi connectivity index (χ4v) is 2.53. The quantitative estimate of drug-likeness (QED) is 0.598. The lowest BCUT2D eigenvalue weighted by atomic mass is 9.89. The second-order valence-electron chi connectivity index (χ2n) is 5.04. The van der Waals surface area contributed by atoms with Crippen LogP contribution >= 0.6 is 0 Å². The number of phenols is 1. The van der Waals surface area contributed by atoms with Crippen molar-refractivity contribution >= 4 is 11.8 Å². The summed E-state index contributed by atoms with van der Waals surface area (Å²) < 4.78 is 0. The van der Waals surface area contributed by atoms with E-state index in [1.165, 1.54) is 12.1 Å². The van der Waals surface area contributed by atoms with Gasteiger partial charge in [-0.1, -0.05) is 12.1 Å². The zero-order valence-electron chi connectivity index (χ0n) is 11.0. The summed E-state index contributed by atoms with van der Waals surface area (Å²) in [5, 5.41) is 21.1. The molecule has 1 aliphatic rings. The Kier molecular flexibility index (Phi) is 4.36. The van der Waals surface area contributed by atoms with Gasteiger partial charge in [0.2, 0.25) is 0 Å². The number of hydrogen-bond donors (Lipinski definition) is 4. The first-order valence-corrected chi connectivity index (χ1v) is 6.52. The number of hydrogen-bond acceptors (Lipinski definition) is 5. The van der Waals surface area contributed by atoms with Gasteiger partial charge in [0, 0.05) is 5.92 Å². The van der Waals surface area contributed by atoms with E-state index in [1.807, 2.05) is 0 Å². The Balaban J connectivity index is 2.01. The number of nitrogens with two attached hydrogens (primary N) is 1. The van der Waals surface area contributed by atoms with Crippen LogP contribution in [0.1, 0.15) is 12.0 Å². The maximum atomic E-state index is 12.3. The second-order valence-corrected chi connectivity index (χ2v) is 5.04. The lowest BCUT2D eigenvalue weighted by molar-refractivity contribution is -0.142. The molecule has 5 N–H and O–H groups in total. The molecular formula is C14H18N2O4. The molecule has 1 heterocycles. The van der Waals surface area contributed by atoms with Gasteiger partial charge in [0.05, 0.1) is 6.04 Å². The van der Waals surface area contributed by atoms with Crippen LogP contribution in [0.15, 0.2) is 24.3 Å². The van der Waals surface area contributed by atoms with Crippen molar-refractivity contribution < 1.29 is 19.8 Å². The summed E-state index contributed by atoms with van der Waals surface area (Å²) in [6.45, 7) is 0.513. The van der Waals surface area contributed by atoms with Crippen molar-refractivity contribution in [1.29, 1.82) is 0 Å². The van der Waals surface area contributed by atoms with E-state index in [2.05, 4.69) is 5.32 Å². The standard InChI is InChI=1S/C14H18N2O4/c15-11(7-8-1-3-9(17)4-2-8)13(18)10-5-6-16-12(10)14(19)20/h1-4,10-12,16-17H,5-7,15H2,(H,19,20)/t10?,11-,12+/m0/s1. The number of aromatic hydroxyl groups is 1. The van der Waals surface area contributed by atoms with E-state index >= 15 is 0 Å². The van der Waals surface area contributed by atoms with E-state index < -0.39 is 24.0 Å². The zero-order valence-corrected chi connectivity index (χ0v) is 11.0. The monoisotopic (exact) mass is 278 g/mol. The van der Waals surface area contributed by atoms with E-state index in [-0.39, 0.29) is 11.5 Å². The number of ketones is 1. The number of aliphatic carboxylic acids is 1. The number of carbonyl (C=O) groups is 2. The molecule has 0 amide bonds. The minimum Gasteiger partial charge on any atom is -0.508 e. The van der Waals surface area contributed by atoms with Crippen LogP contribution < -0.4 is 11.1 Å². The molecule has 1 fully saturated rings. The summed E-state index contributed by atoms with van der Waals surface area (Å²) in [5.41, 5.74) is 6.73. The van der Waals surface area contributed by atoms with Gasteiger partial charge in [0.1, 0.15) is 11.8 Å². The molecule has 0 aromatic heterocycles. The Hall–Kier alpha value is -1.92. The fourth-order valence-electron chi connectivity index (χ4n) is 2.53. The minimum absolute atomic E-state index is 0.152. The van der Waals surface area contributed by atoms with Gasteiger partial charge in [-0.25, -0.2) is 0 Å². The number of benzene rings is 1. The van der Waals surface area contributed by atoms with Gasteiger partial charge in [-0.3, -0.25) is 9.59 Å². The summed E-state index contributed by atoms with van der Waals surface area (Å²) in [7, 11) is 0. The number of Topliss-reactive ketones (excluding diaryl/α,β-unsaturated/α-hetero) is 1. The lowest BCUT2D eigenvalue weighted by Gasteiger charge is -2.18. The van der Waals surface area contributed by atoms with Gasteiger partial charge in [-0.15, -0.1) is 0 Å². The molecule has 1 unspecified atom stereocenters. The first-order chi connectivity index (χ1) is 9.49. The molecule has 1 aromatic carbocycles. The van der Waals surface area contributed by atoms with Crippen molar-refractivity contribution in [1.82, 2.24) is 5.32 Å². The number of rotatable bonds is 5. The topological polar surface area (TPSA) is 113 Å². The first kappa shape index (κ1) is 14.5.